The molecule has 60 valence electrons. The molecule has 0 aliphatic heterocycles. The molecule has 1 nitrogen and oxygen atoms in total. The summed E-state index contributed by atoms with van der Waals surface area (Å²) in [5, 5.41) is 0. The van der Waals surface area contributed by atoms with Crippen molar-refractivity contribution in [1.29, 1.82) is 0 Å². The Bertz CT molecular complexity index is 215. The normalized spacial score (nSPS) is 36.2. The van der Waals surface area contributed by atoms with Gasteiger partial charge in [-0.2, -0.15) is 0 Å². The van der Waals surface area contributed by atoms with Crippen LogP contribution in [-0.2, 0) is 4.79 Å². The van der Waals surface area contributed by atoms with E-state index < -0.39 is 0 Å². The fraction of sp³-hybridized carbons (Fsp3) is 0.500. The molecule has 1 aliphatic carbocycles. The van der Waals surface area contributed by atoms with Gasteiger partial charge in [0.25, 0.3) is 0 Å². The number of hydrogen-bond donors (Lipinski definition) is 0. The molecule has 1 heteroatoms. The van der Waals surface area contributed by atoms with Crippen LogP contribution < -0.4 is 0 Å². The average Bonchev–Trinajstić information content (AvgIpc) is 2.19. The molecule has 1 rings (SSSR count). The third kappa shape index (κ3) is 1.15. The van der Waals surface area contributed by atoms with Crippen molar-refractivity contribution in [1.82, 2.24) is 0 Å². The second kappa shape index (κ2) is 2.65. The zero-order chi connectivity index (χ0) is 8.48. The average molecular weight is 150 g/mol. The summed E-state index contributed by atoms with van der Waals surface area (Å²) >= 11 is 0. The molecule has 0 heterocycles. The monoisotopic (exact) mass is 150 g/mol. The topological polar surface area (TPSA) is 17.1 Å². The van der Waals surface area contributed by atoms with Crippen molar-refractivity contribution in [3.05, 3.63) is 24.8 Å². The highest BCUT2D eigenvalue weighted by molar-refractivity contribution is 5.97. The predicted octanol–water partition coefficient (Wildman–Crippen LogP) is 2.34. The number of carbonyl (C=O) groups is 1. The van der Waals surface area contributed by atoms with E-state index in [1.807, 2.05) is 19.1 Å². The molecule has 0 amide bonds. The van der Waals surface area contributed by atoms with E-state index in [1.54, 1.807) is 6.08 Å². The largest absolute Gasteiger partial charge is 0.294 e. The van der Waals surface area contributed by atoms with Gasteiger partial charge in [0, 0.05) is 5.41 Å². The zero-order valence-electron chi connectivity index (χ0n) is 7.13. The van der Waals surface area contributed by atoms with E-state index in [4.69, 9.17) is 0 Å². The maximum absolute atomic E-state index is 11.4. The standard InChI is InChI=1S/C10H14O/c1-4-7-10(3)8(2)5-6-9(10)11/h4-6,8H,1,7H2,2-3H3/t8-,10-/m1/s1. The lowest BCUT2D eigenvalue weighted by atomic mass is 9.76. The van der Waals surface area contributed by atoms with Gasteiger partial charge in [0.1, 0.15) is 0 Å². The smallest absolute Gasteiger partial charge is 0.162 e. The second-order valence-electron chi connectivity index (χ2n) is 3.42. The Morgan fingerprint density at radius 2 is 2.45 bits per heavy atom. The molecular weight excluding hydrogens is 136 g/mol. The van der Waals surface area contributed by atoms with E-state index in [2.05, 4.69) is 13.5 Å². The summed E-state index contributed by atoms with van der Waals surface area (Å²) in [6.45, 7) is 7.73. The summed E-state index contributed by atoms with van der Waals surface area (Å²) in [6, 6.07) is 0. The summed E-state index contributed by atoms with van der Waals surface area (Å²) in [7, 11) is 0. The molecule has 0 radical (unpaired) electrons. The zero-order valence-corrected chi connectivity index (χ0v) is 7.13. The quantitative estimate of drug-likeness (QED) is 0.552. The molecule has 0 N–H and O–H groups in total. The first kappa shape index (κ1) is 8.25. The van der Waals surface area contributed by atoms with Gasteiger partial charge in [0.15, 0.2) is 5.78 Å². The van der Waals surface area contributed by atoms with E-state index >= 15 is 0 Å². The number of allylic oxidation sites excluding steroid dienone is 3. The van der Waals surface area contributed by atoms with Crippen LogP contribution in [0.4, 0.5) is 0 Å². The maximum Gasteiger partial charge on any atom is 0.162 e. The van der Waals surface area contributed by atoms with Crippen molar-refractivity contribution in [2.45, 2.75) is 20.3 Å². The van der Waals surface area contributed by atoms with E-state index in [-0.39, 0.29) is 11.2 Å². The summed E-state index contributed by atoms with van der Waals surface area (Å²) in [5.74, 6) is 0.595. The summed E-state index contributed by atoms with van der Waals surface area (Å²) in [4.78, 5) is 11.4. The van der Waals surface area contributed by atoms with Crippen LogP contribution in [0.25, 0.3) is 0 Å². The van der Waals surface area contributed by atoms with Crippen LogP contribution in [0.2, 0.25) is 0 Å². The van der Waals surface area contributed by atoms with E-state index in [0.29, 0.717) is 5.92 Å². The number of rotatable bonds is 2. The van der Waals surface area contributed by atoms with Gasteiger partial charge in [-0.15, -0.1) is 6.58 Å². The highest BCUT2D eigenvalue weighted by Crippen LogP contribution is 2.38. The Hall–Kier alpha value is -0.850. The minimum absolute atomic E-state index is 0.207. The number of carbonyl (C=O) groups excluding carboxylic acids is 1. The van der Waals surface area contributed by atoms with Gasteiger partial charge in [-0.25, -0.2) is 0 Å². The first-order valence-electron chi connectivity index (χ1n) is 3.95. The summed E-state index contributed by atoms with van der Waals surface area (Å²) in [6.07, 6.45) is 6.27. The van der Waals surface area contributed by atoms with E-state index in [9.17, 15) is 4.79 Å². The molecule has 0 bridgehead atoms. The Labute approximate surface area is 67.8 Å². The van der Waals surface area contributed by atoms with Crippen LogP contribution in [0, 0.1) is 11.3 Å². The molecule has 0 spiro atoms. The van der Waals surface area contributed by atoms with Gasteiger partial charge in [0.05, 0.1) is 0 Å². The highest BCUT2D eigenvalue weighted by Gasteiger charge is 2.38. The molecular formula is C10H14O. The fourth-order valence-corrected chi connectivity index (χ4v) is 1.45. The third-order valence-electron chi connectivity index (χ3n) is 2.67. The molecule has 0 aromatic carbocycles. The van der Waals surface area contributed by atoms with Crippen LogP contribution in [0.5, 0.6) is 0 Å². The Morgan fingerprint density at radius 1 is 1.82 bits per heavy atom. The summed E-state index contributed by atoms with van der Waals surface area (Å²) in [5.41, 5.74) is -0.207. The molecule has 2 atom stereocenters. The minimum atomic E-state index is -0.207. The Balaban J connectivity index is 2.84. The molecule has 0 saturated carbocycles. The molecule has 0 unspecified atom stereocenters. The number of ketones is 1. The Kier molecular flexibility index (Phi) is 1.99. The van der Waals surface area contributed by atoms with Crippen LogP contribution in [0.3, 0.4) is 0 Å². The van der Waals surface area contributed by atoms with Gasteiger partial charge in [-0.3, -0.25) is 4.79 Å². The lowest BCUT2D eigenvalue weighted by molar-refractivity contribution is -0.123. The van der Waals surface area contributed by atoms with Crippen LogP contribution >= 0.6 is 0 Å². The lowest BCUT2D eigenvalue weighted by Crippen LogP contribution is -2.27. The minimum Gasteiger partial charge on any atom is -0.294 e. The van der Waals surface area contributed by atoms with E-state index in [1.165, 1.54) is 0 Å². The second-order valence-corrected chi connectivity index (χ2v) is 3.42. The molecule has 0 saturated heterocycles. The summed E-state index contributed by atoms with van der Waals surface area (Å²) < 4.78 is 0. The van der Waals surface area contributed by atoms with Crippen molar-refractivity contribution < 1.29 is 4.79 Å². The van der Waals surface area contributed by atoms with Crippen LogP contribution in [0.15, 0.2) is 24.8 Å². The van der Waals surface area contributed by atoms with Crippen molar-refractivity contribution in [2.24, 2.45) is 11.3 Å². The molecule has 11 heavy (non-hydrogen) atoms. The molecule has 1 aliphatic rings. The van der Waals surface area contributed by atoms with Crippen molar-refractivity contribution >= 4 is 5.78 Å². The predicted molar refractivity (Wildman–Crippen MR) is 46.2 cm³/mol. The number of hydrogen-bond acceptors (Lipinski definition) is 1. The molecule has 0 fully saturated rings. The van der Waals surface area contributed by atoms with Gasteiger partial charge in [-0.1, -0.05) is 26.0 Å². The third-order valence-corrected chi connectivity index (χ3v) is 2.67. The highest BCUT2D eigenvalue weighted by atomic mass is 16.1. The van der Waals surface area contributed by atoms with Crippen molar-refractivity contribution in [3.63, 3.8) is 0 Å². The van der Waals surface area contributed by atoms with Gasteiger partial charge in [-0.05, 0) is 18.4 Å². The van der Waals surface area contributed by atoms with Crippen molar-refractivity contribution in [3.8, 4) is 0 Å². The van der Waals surface area contributed by atoms with E-state index in [0.717, 1.165) is 6.42 Å². The lowest BCUT2D eigenvalue weighted by Gasteiger charge is -2.25. The van der Waals surface area contributed by atoms with Gasteiger partial charge < -0.3 is 0 Å². The van der Waals surface area contributed by atoms with Crippen LogP contribution in [-0.4, -0.2) is 5.78 Å². The molecule has 0 aromatic rings. The van der Waals surface area contributed by atoms with Crippen LogP contribution in [0.1, 0.15) is 20.3 Å². The fourth-order valence-electron chi connectivity index (χ4n) is 1.45. The van der Waals surface area contributed by atoms with Gasteiger partial charge >= 0.3 is 0 Å². The molecule has 0 aromatic heterocycles. The first-order valence-corrected chi connectivity index (χ1v) is 3.95. The maximum atomic E-state index is 11.4. The SMILES string of the molecule is C=CC[C@@]1(C)C(=O)C=C[C@H]1C. The Morgan fingerprint density at radius 3 is 2.82 bits per heavy atom. The first-order chi connectivity index (χ1) is 5.11. The van der Waals surface area contributed by atoms with Crippen molar-refractivity contribution in [2.75, 3.05) is 0 Å². The van der Waals surface area contributed by atoms with Gasteiger partial charge in [0.2, 0.25) is 0 Å².